The molecule has 5 aromatic rings. The number of halogens is 7. The smallest absolute Gasteiger partial charge is 0.198 e. The van der Waals surface area contributed by atoms with Crippen molar-refractivity contribution in [1.29, 1.82) is 0 Å². The molecule has 5 rings (SSSR count). The fourth-order valence-corrected chi connectivity index (χ4v) is 4.19. The van der Waals surface area contributed by atoms with E-state index in [4.69, 9.17) is 0 Å². The molecule has 0 amide bonds. The summed E-state index contributed by atoms with van der Waals surface area (Å²) < 4.78 is 102. The van der Waals surface area contributed by atoms with Crippen molar-refractivity contribution in [3.05, 3.63) is 107 Å². The minimum absolute atomic E-state index is 0.0535. The Balaban J connectivity index is 2.15. The van der Waals surface area contributed by atoms with Gasteiger partial charge in [0.25, 0.3) is 0 Å². The number of fused-ring (bicyclic) bond motifs is 2. The van der Waals surface area contributed by atoms with E-state index in [-0.39, 0.29) is 21.9 Å². The molecule has 0 saturated carbocycles. The third kappa shape index (κ3) is 3.07. The minimum atomic E-state index is -2.10. The maximum atomic E-state index is 15.2. The third-order valence-electron chi connectivity index (χ3n) is 5.57. The van der Waals surface area contributed by atoms with E-state index in [0.29, 0.717) is 11.6 Å². The molecule has 0 radical (unpaired) electrons. The minimum Gasteiger partial charge on any atom is -0.206 e. The van der Waals surface area contributed by atoms with Crippen LogP contribution in [0.2, 0.25) is 0 Å². The number of rotatable bonds is 2. The summed E-state index contributed by atoms with van der Waals surface area (Å²) in [6.45, 7) is 0. The van der Waals surface area contributed by atoms with Gasteiger partial charge < -0.3 is 0 Å². The summed E-state index contributed by atoms with van der Waals surface area (Å²) in [7, 11) is 0. The molecule has 0 aromatic heterocycles. The van der Waals surface area contributed by atoms with Crippen molar-refractivity contribution in [1.82, 2.24) is 0 Å². The zero-order valence-corrected chi connectivity index (χ0v) is 16.5. The molecule has 0 atom stereocenters. The first kappa shape index (κ1) is 21.0. The van der Waals surface area contributed by atoms with Gasteiger partial charge in [-0.25, -0.2) is 30.7 Å². The Labute approximate surface area is 182 Å². The molecule has 0 fully saturated rings. The predicted molar refractivity (Wildman–Crippen MR) is 112 cm³/mol. The predicted octanol–water partition coefficient (Wildman–Crippen LogP) is 8.30. The quantitative estimate of drug-likeness (QED) is 0.108. The average molecular weight is 456 g/mol. The summed E-state index contributed by atoms with van der Waals surface area (Å²) >= 11 is 0. The molecule has 7 heteroatoms. The fourth-order valence-electron chi connectivity index (χ4n) is 4.19. The summed E-state index contributed by atoms with van der Waals surface area (Å²) in [4.78, 5) is 0. The summed E-state index contributed by atoms with van der Waals surface area (Å²) in [5.74, 6) is -11.0. The fraction of sp³-hybridized carbons (Fsp3) is 0. The molecule has 0 nitrogen and oxygen atoms in total. The van der Waals surface area contributed by atoms with Crippen LogP contribution in [0.5, 0.6) is 0 Å². The molecule has 164 valence electrons. The van der Waals surface area contributed by atoms with Crippen LogP contribution in [0.4, 0.5) is 30.7 Å². The molecule has 0 heterocycles. The van der Waals surface area contributed by atoms with Gasteiger partial charge in [0.15, 0.2) is 34.9 Å². The Morgan fingerprint density at radius 3 is 1.67 bits per heavy atom. The van der Waals surface area contributed by atoms with E-state index in [0.717, 1.165) is 18.2 Å². The largest absolute Gasteiger partial charge is 0.206 e. The van der Waals surface area contributed by atoms with Gasteiger partial charge in [-0.05, 0) is 34.7 Å². The van der Waals surface area contributed by atoms with Crippen LogP contribution >= 0.6 is 0 Å². The Kier molecular flexibility index (Phi) is 4.85. The molecule has 5 aromatic carbocycles. The van der Waals surface area contributed by atoms with Gasteiger partial charge in [0.2, 0.25) is 0 Å². The normalized spacial score (nSPS) is 11.5. The van der Waals surface area contributed by atoms with E-state index in [9.17, 15) is 17.6 Å². The highest BCUT2D eigenvalue weighted by molar-refractivity contribution is 6.21. The van der Waals surface area contributed by atoms with E-state index < -0.39 is 57.1 Å². The second-order valence-electron chi connectivity index (χ2n) is 7.41. The highest BCUT2D eigenvalue weighted by atomic mass is 19.2. The number of benzene rings is 5. The van der Waals surface area contributed by atoms with Crippen LogP contribution in [0.3, 0.4) is 0 Å². The maximum Gasteiger partial charge on any atom is 0.198 e. The summed E-state index contributed by atoms with van der Waals surface area (Å²) in [5.41, 5.74) is -0.439. The van der Waals surface area contributed by atoms with Crippen molar-refractivity contribution >= 4 is 21.5 Å². The monoisotopic (exact) mass is 456 g/mol. The molecular formula is C26H11F7. The lowest BCUT2D eigenvalue weighted by atomic mass is 9.85. The van der Waals surface area contributed by atoms with Crippen molar-refractivity contribution in [3.63, 3.8) is 0 Å². The van der Waals surface area contributed by atoms with Crippen molar-refractivity contribution in [3.8, 4) is 22.3 Å². The van der Waals surface area contributed by atoms with E-state index in [2.05, 4.69) is 0 Å². The van der Waals surface area contributed by atoms with Gasteiger partial charge in [-0.1, -0.05) is 48.5 Å². The first-order chi connectivity index (χ1) is 15.8. The molecule has 33 heavy (non-hydrogen) atoms. The topological polar surface area (TPSA) is 0 Å². The zero-order valence-electron chi connectivity index (χ0n) is 16.5. The number of hydrogen-bond donors (Lipinski definition) is 0. The van der Waals surface area contributed by atoms with Crippen LogP contribution < -0.4 is 0 Å². The Hall–Kier alpha value is -3.87. The van der Waals surface area contributed by atoms with Crippen molar-refractivity contribution in [2.75, 3.05) is 0 Å². The molecular weight excluding hydrogens is 445 g/mol. The molecule has 0 bridgehead atoms. The first-order valence-electron chi connectivity index (χ1n) is 9.72. The number of hydrogen-bond acceptors (Lipinski definition) is 0. The van der Waals surface area contributed by atoms with Crippen LogP contribution in [0.25, 0.3) is 43.8 Å². The van der Waals surface area contributed by atoms with Crippen molar-refractivity contribution < 1.29 is 30.7 Å². The van der Waals surface area contributed by atoms with Crippen molar-refractivity contribution in [2.24, 2.45) is 0 Å². The molecule has 0 saturated heterocycles. The second-order valence-corrected chi connectivity index (χ2v) is 7.41. The molecule has 0 spiro atoms. The van der Waals surface area contributed by atoms with Crippen LogP contribution in [0.1, 0.15) is 0 Å². The van der Waals surface area contributed by atoms with E-state index in [1.54, 1.807) is 18.2 Å². The second kappa shape index (κ2) is 7.62. The lowest BCUT2D eigenvalue weighted by Gasteiger charge is -2.19. The molecule has 0 unspecified atom stereocenters. The van der Waals surface area contributed by atoms with Gasteiger partial charge in [-0.15, -0.1) is 0 Å². The van der Waals surface area contributed by atoms with E-state index in [1.807, 2.05) is 0 Å². The molecule has 0 aliphatic rings. The van der Waals surface area contributed by atoms with Crippen LogP contribution in [-0.4, -0.2) is 0 Å². The van der Waals surface area contributed by atoms with Gasteiger partial charge in [-0.2, -0.15) is 0 Å². The SMILES string of the molecule is Fc1ccc(-c2c3c(F)cccc3c(-c3ccccc3)c3c(F)c(F)c(F)c(F)c23)cc1F. The van der Waals surface area contributed by atoms with Gasteiger partial charge >= 0.3 is 0 Å². The molecule has 0 N–H and O–H groups in total. The van der Waals surface area contributed by atoms with Crippen molar-refractivity contribution in [2.45, 2.75) is 0 Å². The third-order valence-corrected chi connectivity index (χ3v) is 5.57. The lowest BCUT2D eigenvalue weighted by molar-refractivity contribution is 0.418. The lowest BCUT2D eigenvalue weighted by Crippen LogP contribution is -2.03. The highest BCUT2D eigenvalue weighted by Gasteiger charge is 2.29. The van der Waals surface area contributed by atoms with Gasteiger partial charge in [0, 0.05) is 27.3 Å². The van der Waals surface area contributed by atoms with Crippen LogP contribution in [0, 0.1) is 40.7 Å². The van der Waals surface area contributed by atoms with Crippen LogP contribution in [0.15, 0.2) is 66.7 Å². The van der Waals surface area contributed by atoms with Gasteiger partial charge in [-0.3, -0.25) is 0 Å². The van der Waals surface area contributed by atoms with Crippen LogP contribution in [-0.2, 0) is 0 Å². The summed E-state index contributed by atoms with van der Waals surface area (Å²) in [6.07, 6.45) is 0. The first-order valence-corrected chi connectivity index (χ1v) is 9.72. The molecule has 0 aliphatic carbocycles. The van der Waals surface area contributed by atoms with Gasteiger partial charge in [0.1, 0.15) is 5.82 Å². The Bertz CT molecular complexity index is 1570. The van der Waals surface area contributed by atoms with Gasteiger partial charge in [0.05, 0.1) is 0 Å². The molecule has 0 aliphatic heterocycles. The maximum absolute atomic E-state index is 15.2. The Morgan fingerprint density at radius 2 is 1.03 bits per heavy atom. The average Bonchev–Trinajstić information content (AvgIpc) is 2.82. The summed E-state index contributed by atoms with van der Waals surface area (Å²) in [5, 5.41) is -1.65. The van der Waals surface area contributed by atoms with E-state index in [1.165, 1.54) is 24.3 Å². The highest BCUT2D eigenvalue weighted by Crippen LogP contribution is 2.47. The standard InChI is InChI=1S/C26H11F7/c27-15-10-9-13(11-17(15)29)19-20-14(7-4-8-16(20)28)18(12-5-2-1-3-6-12)21-22(19)24(31)26(33)25(32)23(21)30/h1-11H. The zero-order chi connectivity index (χ0) is 23.4. The Morgan fingerprint density at radius 1 is 0.394 bits per heavy atom. The van der Waals surface area contributed by atoms with E-state index >= 15 is 13.2 Å². The summed E-state index contributed by atoms with van der Waals surface area (Å²) in [6, 6.07) is 14.1.